The minimum atomic E-state index is 0.0665. The van der Waals surface area contributed by atoms with E-state index >= 15 is 0 Å². The Bertz CT molecular complexity index is 103. The molecule has 0 aliphatic rings. The zero-order valence-electron chi connectivity index (χ0n) is 8.81. The van der Waals surface area contributed by atoms with E-state index < -0.39 is 0 Å². The third kappa shape index (κ3) is 9.43. The summed E-state index contributed by atoms with van der Waals surface area (Å²) in [6.07, 6.45) is 0. The largest absolute Gasteiger partial charge is 0.383 e. The quantitative estimate of drug-likeness (QED) is 0.656. The number of hydrogen-bond donors (Lipinski definition) is 1. The van der Waals surface area contributed by atoms with E-state index in [0.717, 1.165) is 0 Å². The van der Waals surface area contributed by atoms with Crippen molar-refractivity contribution in [3.05, 3.63) is 0 Å². The lowest BCUT2D eigenvalue weighted by Gasteiger charge is -2.05. The van der Waals surface area contributed by atoms with Gasteiger partial charge in [0.1, 0.15) is 0 Å². The van der Waals surface area contributed by atoms with E-state index in [2.05, 4.69) is 5.32 Å². The van der Waals surface area contributed by atoms with Crippen LogP contribution < -0.4 is 5.32 Å². The first-order chi connectivity index (χ1) is 5.68. The molecule has 0 unspecified atom stereocenters. The van der Waals surface area contributed by atoms with Crippen molar-refractivity contribution in [2.24, 2.45) is 5.92 Å². The smallest absolute Gasteiger partial charge is 0.222 e. The van der Waals surface area contributed by atoms with Crippen LogP contribution >= 0.6 is 0 Å². The van der Waals surface area contributed by atoms with Crippen LogP contribution in [0, 0.1) is 5.92 Å². The van der Waals surface area contributed by atoms with E-state index in [4.69, 9.17) is 4.74 Å². The summed E-state index contributed by atoms with van der Waals surface area (Å²) in [7, 11) is 1.61. The van der Waals surface area contributed by atoms with Gasteiger partial charge in [0.2, 0.25) is 5.91 Å². The zero-order chi connectivity index (χ0) is 9.98. The van der Waals surface area contributed by atoms with E-state index in [9.17, 15) is 4.79 Å². The van der Waals surface area contributed by atoms with Gasteiger partial charge in [-0.25, -0.2) is 0 Å². The molecule has 0 rings (SSSR count). The maximum atomic E-state index is 10.9. The van der Waals surface area contributed by atoms with Crippen molar-refractivity contribution in [3.8, 4) is 0 Å². The van der Waals surface area contributed by atoms with Gasteiger partial charge in [0.25, 0.3) is 0 Å². The summed E-state index contributed by atoms with van der Waals surface area (Å²) in [6, 6.07) is 0. The van der Waals surface area contributed by atoms with Crippen molar-refractivity contribution >= 4 is 5.91 Å². The fourth-order valence-corrected chi connectivity index (χ4v) is 0.480. The second-order valence-corrected chi connectivity index (χ2v) is 2.44. The van der Waals surface area contributed by atoms with Gasteiger partial charge in [0, 0.05) is 19.6 Å². The first-order valence-electron chi connectivity index (χ1n) is 4.45. The van der Waals surface area contributed by atoms with Crippen LogP contribution in [0.25, 0.3) is 0 Å². The Kier molecular flexibility index (Phi) is 12.2. The van der Waals surface area contributed by atoms with Crippen molar-refractivity contribution in [2.45, 2.75) is 27.7 Å². The summed E-state index contributed by atoms with van der Waals surface area (Å²) < 4.78 is 4.76. The van der Waals surface area contributed by atoms with E-state index in [0.29, 0.717) is 13.2 Å². The first-order valence-corrected chi connectivity index (χ1v) is 4.45. The highest BCUT2D eigenvalue weighted by Gasteiger charge is 2.03. The summed E-state index contributed by atoms with van der Waals surface area (Å²) in [6.45, 7) is 8.91. The maximum Gasteiger partial charge on any atom is 0.222 e. The molecule has 1 N–H and O–H groups in total. The van der Waals surface area contributed by atoms with Gasteiger partial charge in [-0.2, -0.15) is 0 Å². The predicted molar refractivity (Wildman–Crippen MR) is 51.1 cm³/mol. The molecule has 0 bridgehead atoms. The van der Waals surface area contributed by atoms with Crippen LogP contribution in [0.4, 0.5) is 0 Å². The molecule has 0 saturated heterocycles. The molecule has 0 aromatic carbocycles. The van der Waals surface area contributed by atoms with Gasteiger partial charge >= 0.3 is 0 Å². The van der Waals surface area contributed by atoms with Gasteiger partial charge in [-0.05, 0) is 0 Å². The van der Waals surface area contributed by atoms with Gasteiger partial charge < -0.3 is 10.1 Å². The second kappa shape index (κ2) is 10.4. The molecule has 3 heteroatoms. The highest BCUT2D eigenvalue weighted by Crippen LogP contribution is 1.88. The number of carbonyl (C=O) groups excluding carboxylic acids is 1. The molecule has 0 heterocycles. The van der Waals surface area contributed by atoms with Gasteiger partial charge in [-0.3, -0.25) is 4.79 Å². The lowest BCUT2D eigenvalue weighted by molar-refractivity contribution is -0.124. The van der Waals surface area contributed by atoms with Crippen LogP contribution in [-0.2, 0) is 9.53 Å². The Labute approximate surface area is 75.5 Å². The molecule has 0 radical (unpaired) electrons. The SMILES string of the molecule is CC.COCCNC(=O)C(C)C. The molecule has 3 nitrogen and oxygen atoms in total. The van der Waals surface area contributed by atoms with Crippen LogP contribution in [-0.4, -0.2) is 26.2 Å². The van der Waals surface area contributed by atoms with Crippen LogP contribution in [0.3, 0.4) is 0 Å². The Morgan fingerprint density at radius 2 is 1.92 bits per heavy atom. The minimum absolute atomic E-state index is 0.0665. The third-order valence-corrected chi connectivity index (χ3v) is 1.13. The highest BCUT2D eigenvalue weighted by molar-refractivity contribution is 5.77. The maximum absolute atomic E-state index is 10.9. The summed E-state index contributed by atoms with van der Waals surface area (Å²) in [4.78, 5) is 10.9. The van der Waals surface area contributed by atoms with E-state index in [1.54, 1.807) is 7.11 Å². The van der Waals surface area contributed by atoms with E-state index in [-0.39, 0.29) is 11.8 Å². The molecular formula is C9H21NO2. The third-order valence-electron chi connectivity index (χ3n) is 1.13. The van der Waals surface area contributed by atoms with Gasteiger partial charge in [-0.15, -0.1) is 0 Å². The fraction of sp³-hybridized carbons (Fsp3) is 0.889. The second-order valence-electron chi connectivity index (χ2n) is 2.44. The van der Waals surface area contributed by atoms with Gasteiger partial charge in [0.05, 0.1) is 6.61 Å². The van der Waals surface area contributed by atoms with Crippen molar-refractivity contribution < 1.29 is 9.53 Å². The molecule has 0 fully saturated rings. The molecular weight excluding hydrogens is 154 g/mol. The summed E-state index contributed by atoms with van der Waals surface area (Å²) in [5.74, 6) is 0.147. The molecule has 0 aromatic heterocycles. The molecule has 0 atom stereocenters. The number of nitrogens with one attached hydrogen (secondary N) is 1. The summed E-state index contributed by atoms with van der Waals surface area (Å²) in [5, 5.41) is 2.72. The fourth-order valence-electron chi connectivity index (χ4n) is 0.480. The molecule has 74 valence electrons. The normalized spacial score (nSPS) is 8.83. The monoisotopic (exact) mass is 175 g/mol. The molecule has 1 amide bonds. The number of amides is 1. The number of ether oxygens (including phenoxy) is 1. The average molecular weight is 175 g/mol. The van der Waals surface area contributed by atoms with Crippen LogP contribution in [0.15, 0.2) is 0 Å². The van der Waals surface area contributed by atoms with Crippen molar-refractivity contribution in [1.29, 1.82) is 0 Å². The Morgan fingerprint density at radius 1 is 1.42 bits per heavy atom. The predicted octanol–water partition coefficient (Wildman–Crippen LogP) is 1.43. The van der Waals surface area contributed by atoms with Gasteiger partial charge in [0.15, 0.2) is 0 Å². The molecule has 0 spiro atoms. The lowest BCUT2D eigenvalue weighted by Crippen LogP contribution is -2.30. The number of hydrogen-bond acceptors (Lipinski definition) is 2. The standard InChI is InChI=1S/C7H15NO2.C2H6/c1-6(2)7(9)8-4-5-10-3;1-2/h6H,4-5H2,1-3H3,(H,8,9);1-2H3. The first kappa shape index (κ1) is 14.0. The van der Waals surface area contributed by atoms with Gasteiger partial charge in [-0.1, -0.05) is 27.7 Å². The van der Waals surface area contributed by atoms with E-state index in [1.165, 1.54) is 0 Å². The van der Waals surface area contributed by atoms with Crippen LogP contribution in [0.5, 0.6) is 0 Å². The topological polar surface area (TPSA) is 38.3 Å². The zero-order valence-corrected chi connectivity index (χ0v) is 8.81. The average Bonchev–Trinajstić information content (AvgIpc) is 2.08. The number of carbonyl (C=O) groups is 1. The van der Waals surface area contributed by atoms with Crippen molar-refractivity contribution in [3.63, 3.8) is 0 Å². The number of rotatable bonds is 4. The lowest BCUT2D eigenvalue weighted by atomic mass is 10.2. The van der Waals surface area contributed by atoms with Crippen molar-refractivity contribution in [2.75, 3.05) is 20.3 Å². The Balaban J connectivity index is 0. The highest BCUT2D eigenvalue weighted by atomic mass is 16.5. The van der Waals surface area contributed by atoms with Crippen molar-refractivity contribution in [1.82, 2.24) is 5.32 Å². The Morgan fingerprint density at radius 3 is 2.25 bits per heavy atom. The molecule has 0 saturated carbocycles. The Hall–Kier alpha value is -0.570. The summed E-state index contributed by atoms with van der Waals surface area (Å²) >= 11 is 0. The minimum Gasteiger partial charge on any atom is -0.383 e. The molecule has 0 aromatic rings. The molecule has 12 heavy (non-hydrogen) atoms. The van der Waals surface area contributed by atoms with E-state index in [1.807, 2.05) is 27.7 Å². The molecule has 0 aliphatic heterocycles. The van der Waals surface area contributed by atoms with Crippen LogP contribution in [0.1, 0.15) is 27.7 Å². The number of methoxy groups -OCH3 is 1. The van der Waals surface area contributed by atoms with Crippen LogP contribution in [0.2, 0.25) is 0 Å². The summed E-state index contributed by atoms with van der Waals surface area (Å²) in [5.41, 5.74) is 0. The molecule has 0 aliphatic carbocycles.